The molecule has 0 saturated carbocycles. The van der Waals surface area contributed by atoms with E-state index in [1.54, 1.807) is 6.07 Å². The Hall–Kier alpha value is -1.22. The lowest BCUT2D eigenvalue weighted by Crippen LogP contribution is -2.33. The number of nitrogens with two attached hydrogens (primary N) is 1. The smallest absolute Gasteiger partial charge is 0.0679 e. The van der Waals surface area contributed by atoms with E-state index in [1.807, 2.05) is 30.3 Å². The second kappa shape index (κ2) is 6.98. The van der Waals surface area contributed by atoms with Gasteiger partial charge >= 0.3 is 0 Å². The van der Waals surface area contributed by atoms with Crippen molar-refractivity contribution in [3.05, 3.63) is 64.1 Å². The van der Waals surface area contributed by atoms with Gasteiger partial charge < -0.3 is 10.6 Å². The molecule has 106 valence electrons. The first-order valence-corrected chi connectivity index (χ1v) is 7.40. The maximum Gasteiger partial charge on any atom is 0.0679 e. The van der Waals surface area contributed by atoms with Crippen LogP contribution in [0.1, 0.15) is 18.5 Å². The Labute approximate surface area is 130 Å². The highest BCUT2D eigenvalue weighted by Crippen LogP contribution is 2.34. The van der Waals surface area contributed by atoms with Gasteiger partial charge in [0.25, 0.3) is 0 Å². The van der Waals surface area contributed by atoms with Crippen LogP contribution in [0.5, 0.6) is 0 Å². The van der Waals surface area contributed by atoms with Gasteiger partial charge in [-0.2, -0.15) is 0 Å². The molecule has 0 heterocycles. The van der Waals surface area contributed by atoms with Crippen LogP contribution in [0.3, 0.4) is 0 Å². The van der Waals surface area contributed by atoms with E-state index >= 15 is 0 Å². The zero-order chi connectivity index (χ0) is 14.5. The number of hydrogen-bond acceptors (Lipinski definition) is 2. The van der Waals surface area contributed by atoms with E-state index in [4.69, 9.17) is 28.9 Å². The fraction of sp³-hybridized carbons (Fsp3) is 0.250. The van der Waals surface area contributed by atoms with Crippen molar-refractivity contribution in [2.24, 2.45) is 5.73 Å². The van der Waals surface area contributed by atoms with Crippen LogP contribution in [0, 0.1) is 0 Å². The molecule has 2 aromatic carbocycles. The van der Waals surface area contributed by atoms with Crippen LogP contribution in [-0.4, -0.2) is 13.1 Å². The van der Waals surface area contributed by atoms with Crippen molar-refractivity contribution in [3.63, 3.8) is 0 Å². The van der Waals surface area contributed by atoms with E-state index in [1.165, 1.54) is 0 Å². The Morgan fingerprint density at radius 3 is 2.35 bits per heavy atom. The van der Waals surface area contributed by atoms with Crippen molar-refractivity contribution in [1.82, 2.24) is 0 Å². The predicted molar refractivity (Wildman–Crippen MR) is 87.7 cm³/mol. The first-order chi connectivity index (χ1) is 9.69. The third-order valence-electron chi connectivity index (χ3n) is 3.37. The van der Waals surface area contributed by atoms with Crippen molar-refractivity contribution in [1.29, 1.82) is 0 Å². The van der Waals surface area contributed by atoms with Gasteiger partial charge in [-0.25, -0.2) is 0 Å². The molecule has 2 aromatic rings. The lowest BCUT2D eigenvalue weighted by atomic mass is 10.0. The number of anilines is 1. The second-order valence-electron chi connectivity index (χ2n) is 4.52. The third kappa shape index (κ3) is 3.09. The molecule has 0 aliphatic heterocycles. The Morgan fingerprint density at radius 1 is 1.05 bits per heavy atom. The van der Waals surface area contributed by atoms with E-state index in [2.05, 4.69) is 24.0 Å². The number of likely N-dealkylation sites (N-methyl/N-ethyl adjacent to an activating group) is 1. The summed E-state index contributed by atoms with van der Waals surface area (Å²) in [6.07, 6.45) is 0. The Balaban J connectivity index is 2.42. The van der Waals surface area contributed by atoms with Gasteiger partial charge in [0, 0.05) is 18.8 Å². The van der Waals surface area contributed by atoms with E-state index in [0.717, 1.165) is 17.8 Å². The highest BCUT2D eigenvalue weighted by atomic mass is 35.5. The molecule has 20 heavy (non-hydrogen) atoms. The van der Waals surface area contributed by atoms with Gasteiger partial charge in [-0.1, -0.05) is 53.5 Å². The Morgan fingerprint density at radius 2 is 1.75 bits per heavy atom. The molecule has 1 atom stereocenters. The zero-order valence-corrected chi connectivity index (χ0v) is 12.9. The summed E-state index contributed by atoms with van der Waals surface area (Å²) in [5.74, 6) is 0. The van der Waals surface area contributed by atoms with Gasteiger partial charge in [0.15, 0.2) is 0 Å². The molecule has 1 unspecified atom stereocenters. The Kier molecular flexibility index (Phi) is 5.30. The molecule has 0 amide bonds. The monoisotopic (exact) mass is 308 g/mol. The van der Waals surface area contributed by atoms with Crippen LogP contribution in [0.15, 0.2) is 48.5 Å². The van der Waals surface area contributed by atoms with Crippen LogP contribution in [0.2, 0.25) is 10.0 Å². The predicted octanol–water partition coefficient (Wildman–Crippen LogP) is 4.52. The highest BCUT2D eigenvalue weighted by Gasteiger charge is 2.21. The minimum Gasteiger partial charge on any atom is -0.363 e. The average molecular weight is 309 g/mol. The summed E-state index contributed by atoms with van der Waals surface area (Å²) in [6.45, 7) is 3.42. The molecule has 2 rings (SSSR count). The van der Waals surface area contributed by atoms with Gasteiger partial charge in [-0.15, -0.1) is 0 Å². The highest BCUT2D eigenvalue weighted by molar-refractivity contribution is 6.42. The summed E-state index contributed by atoms with van der Waals surface area (Å²) in [7, 11) is 0. The molecule has 0 aromatic heterocycles. The van der Waals surface area contributed by atoms with Crippen molar-refractivity contribution in [2.45, 2.75) is 13.0 Å². The van der Waals surface area contributed by atoms with Crippen LogP contribution >= 0.6 is 23.2 Å². The molecular formula is C16H18Cl2N2. The van der Waals surface area contributed by atoms with Gasteiger partial charge in [0.1, 0.15) is 0 Å². The maximum atomic E-state index is 6.34. The van der Waals surface area contributed by atoms with Gasteiger partial charge in [-0.05, 0) is 30.7 Å². The average Bonchev–Trinajstić information content (AvgIpc) is 2.49. The minimum atomic E-state index is 0.00796. The number of para-hydroxylation sites is 1. The first-order valence-electron chi connectivity index (χ1n) is 6.64. The number of halogens is 2. The van der Waals surface area contributed by atoms with E-state index in [9.17, 15) is 0 Å². The zero-order valence-electron chi connectivity index (χ0n) is 11.4. The summed E-state index contributed by atoms with van der Waals surface area (Å²) in [5.41, 5.74) is 8.09. The molecule has 2 N–H and O–H groups in total. The quantitative estimate of drug-likeness (QED) is 0.880. The van der Waals surface area contributed by atoms with E-state index in [0.29, 0.717) is 16.6 Å². The topological polar surface area (TPSA) is 29.3 Å². The lowest BCUT2D eigenvalue weighted by molar-refractivity contribution is 0.643. The van der Waals surface area contributed by atoms with Gasteiger partial charge in [-0.3, -0.25) is 0 Å². The minimum absolute atomic E-state index is 0.00796. The standard InChI is InChI=1S/C16H18Cl2N2/c1-2-20(12-7-4-3-5-8-12)15(11-19)13-9-6-10-14(17)16(13)18/h3-10,15H,2,11,19H2,1H3. The molecule has 0 aliphatic rings. The summed E-state index contributed by atoms with van der Waals surface area (Å²) >= 11 is 12.5. The molecule has 2 nitrogen and oxygen atoms in total. The fourth-order valence-corrected chi connectivity index (χ4v) is 2.84. The van der Waals surface area contributed by atoms with E-state index in [-0.39, 0.29) is 6.04 Å². The van der Waals surface area contributed by atoms with Crippen molar-refractivity contribution in [3.8, 4) is 0 Å². The van der Waals surface area contributed by atoms with Gasteiger partial charge in [0.2, 0.25) is 0 Å². The van der Waals surface area contributed by atoms with Crippen molar-refractivity contribution in [2.75, 3.05) is 18.0 Å². The number of rotatable bonds is 5. The van der Waals surface area contributed by atoms with Crippen LogP contribution in [0.25, 0.3) is 0 Å². The normalized spacial score (nSPS) is 12.2. The van der Waals surface area contributed by atoms with Crippen molar-refractivity contribution >= 4 is 28.9 Å². The van der Waals surface area contributed by atoms with Crippen molar-refractivity contribution < 1.29 is 0 Å². The molecule has 0 spiro atoms. The molecule has 0 saturated heterocycles. The Bertz CT molecular complexity index is 558. The van der Waals surface area contributed by atoms with E-state index < -0.39 is 0 Å². The van der Waals surface area contributed by atoms with Crippen LogP contribution in [0.4, 0.5) is 5.69 Å². The number of nitrogens with zero attached hydrogens (tertiary/aromatic N) is 1. The molecule has 0 fully saturated rings. The fourth-order valence-electron chi connectivity index (χ4n) is 2.40. The summed E-state index contributed by atoms with van der Waals surface area (Å²) in [6, 6.07) is 15.9. The molecule has 0 bridgehead atoms. The maximum absolute atomic E-state index is 6.34. The SMILES string of the molecule is CCN(c1ccccc1)C(CN)c1cccc(Cl)c1Cl. The molecule has 0 radical (unpaired) electrons. The van der Waals surface area contributed by atoms with Crippen LogP contribution < -0.4 is 10.6 Å². The third-order valence-corrected chi connectivity index (χ3v) is 4.20. The lowest BCUT2D eigenvalue weighted by Gasteiger charge is -2.33. The number of benzene rings is 2. The summed E-state index contributed by atoms with van der Waals surface area (Å²) in [4.78, 5) is 2.23. The molecular weight excluding hydrogens is 291 g/mol. The summed E-state index contributed by atoms with van der Waals surface area (Å²) < 4.78 is 0. The number of hydrogen-bond donors (Lipinski definition) is 1. The van der Waals surface area contributed by atoms with Crippen LogP contribution in [-0.2, 0) is 0 Å². The second-order valence-corrected chi connectivity index (χ2v) is 5.30. The molecule has 4 heteroatoms. The summed E-state index contributed by atoms with van der Waals surface area (Å²) in [5, 5.41) is 1.14. The van der Waals surface area contributed by atoms with Gasteiger partial charge in [0.05, 0.1) is 16.1 Å². The first kappa shape index (κ1) is 15.2. The largest absolute Gasteiger partial charge is 0.363 e. The molecule has 0 aliphatic carbocycles.